The van der Waals surface area contributed by atoms with E-state index in [4.69, 9.17) is 4.74 Å². The van der Waals surface area contributed by atoms with E-state index in [1.54, 1.807) is 12.0 Å². The Morgan fingerprint density at radius 3 is 2.63 bits per heavy atom. The van der Waals surface area contributed by atoms with Gasteiger partial charge in [-0.3, -0.25) is 14.9 Å². The molecular weight excluding hydrogens is 446 g/mol. The first-order valence-electron chi connectivity index (χ1n) is 9.73. The molecule has 0 saturated carbocycles. The minimum atomic E-state index is -0.249. The molecule has 1 unspecified atom stereocenters. The Kier molecular flexibility index (Phi) is 7.52. The van der Waals surface area contributed by atoms with Gasteiger partial charge >= 0.3 is 0 Å². The second-order valence-electron chi connectivity index (χ2n) is 7.11. The highest BCUT2D eigenvalue weighted by atomic mass is 79.9. The van der Waals surface area contributed by atoms with Crippen molar-refractivity contribution in [2.45, 2.75) is 25.9 Å². The van der Waals surface area contributed by atoms with Crippen LogP contribution in [0.1, 0.15) is 24.5 Å². The van der Waals surface area contributed by atoms with E-state index < -0.39 is 0 Å². The number of rotatable bonds is 9. The van der Waals surface area contributed by atoms with Gasteiger partial charge in [-0.1, -0.05) is 52.3 Å². The summed E-state index contributed by atoms with van der Waals surface area (Å²) in [6.07, 6.45) is 2.42. The van der Waals surface area contributed by atoms with Crippen molar-refractivity contribution >= 4 is 39.0 Å². The van der Waals surface area contributed by atoms with Crippen molar-refractivity contribution in [3.05, 3.63) is 65.9 Å². The van der Waals surface area contributed by atoms with Gasteiger partial charge in [0.25, 0.3) is 0 Å². The fourth-order valence-corrected chi connectivity index (χ4v) is 3.70. The average Bonchev–Trinajstić information content (AvgIpc) is 3.16. The Balaban J connectivity index is 1.78. The third kappa shape index (κ3) is 5.42. The van der Waals surface area contributed by atoms with E-state index in [0.717, 1.165) is 28.1 Å². The van der Waals surface area contributed by atoms with E-state index in [2.05, 4.69) is 26.6 Å². The van der Waals surface area contributed by atoms with Crippen molar-refractivity contribution in [3.63, 3.8) is 0 Å². The molecule has 1 radical (unpaired) electrons. The first-order valence-corrected chi connectivity index (χ1v) is 10.9. The first-order chi connectivity index (χ1) is 14.5. The molecule has 157 valence electrons. The Morgan fingerprint density at radius 1 is 1.17 bits per heavy atom. The van der Waals surface area contributed by atoms with Crippen LogP contribution < -0.4 is 15.4 Å². The van der Waals surface area contributed by atoms with E-state index in [-0.39, 0.29) is 23.2 Å². The maximum Gasteiger partial charge on any atom is 0.230 e. The predicted octanol–water partition coefficient (Wildman–Crippen LogP) is 3.60. The number of hydrogen-bond donors (Lipinski definition) is 1. The van der Waals surface area contributed by atoms with Crippen molar-refractivity contribution in [1.29, 1.82) is 0 Å². The summed E-state index contributed by atoms with van der Waals surface area (Å²) in [5, 5.41) is 7.69. The number of para-hydroxylation sites is 2. The molecule has 0 saturated heterocycles. The van der Waals surface area contributed by atoms with Crippen LogP contribution in [0.15, 0.2) is 54.7 Å². The first kappa shape index (κ1) is 21.9. The van der Waals surface area contributed by atoms with Gasteiger partial charge in [0.1, 0.15) is 5.75 Å². The van der Waals surface area contributed by atoms with Gasteiger partial charge in [0, 0.05) is 37.3 Å². The maximum absolute atomic E-state index is 12.4. The van der Waals surface area contributed by atoms with Crippen LogP contribution in [0.4, 0.5) is 5.69 Å². The van der Waals surface area contributed by atoms with Crippen LogP contribution in [-0.2, 0) is 16.1 Å². The number of ether oxygens (including phenoxy) is 1. The molecule has 0 aliphatic carbocycles. The number of fused-ring (bicyclic) bond motifs is 1. The van der Waals surface area contributed by atoms with Crippen LogP contribution in [0.3, 0.4) is 0 Å². The lowest BCUT2D eigenvalue weighted by atomic mass is 9.99. The highest BCUT2D eigenvalue weighted by Crippen LogP contribution is 2.33. The number of hydrogen-bond acceptors (Lipinski definition) is 3. The van der Waals surface area contributed by atoms with E-state index in [9.17, 15) is 9.59 Å². The number of nitrogens with one attached hydrogen (secondary N) is 1. The average molecular weight is 471 g/mol. The quantitative estimate of drug-likeness (QED) is 0.568. The van der Waals surface area contributed by atoms with Gasteiger partial charge < -0.3 is 15.0 Å². The predicted molar refractivity (Wildman–Crippen MR) is 121 cm³/mol. The third-order valence-electron chi connectivity index (χ3n) is 5.00. The number of nitrogens with zero attached hydrogens (tertiary/aromatic N) is 2. The molecule has 2 amide bonds. The molecule has 2 aromatic carbocycles. The number of halogens is 1. The zero-order chi connectivity index (χ0) is 21.5. The van der Waals surface area contributed by atoms with E-state index >= 15 is 0 Å². The van der Waals surface area contributed by atoms with E-state index in [0.29, 0.717) is 19.5 Å². The Labute approximate surface area is 185 Å². The number of amides is 2. The van der Waals surface area contributed by atoms with Crippen LogP contribution in [-0.4, -0.2) is 41.7 Å². The summed E-state index contributed by atoms with van der Waals surface area (Å²) < 4.78 is 5.42. The van der Waals surface area contributed by atoms with Crippen molar-refractivity contribution in [3.8, 4) is 5.75 Å². The topological polar surface area (TPSA) is 72.7 Å². The number of benzene rings is 2. The van der Waals surface area contributed by atoms with Gasteiger partial charge in [-0.05, 0) is 24.1 Å². The third-order valence-corrected chi connectivity index (χ3v) is 5.51. The molecule has 1 heterocycles. The van der Waals surface area contributed by atoms with Crippen molar-refractivity contribution in [1.82, 2.24) is 15.5 Å². The standard InChI is InChI=1S/C23H25BrN3O3/c1-16(28)27(14-17-7-3-6-10-22(17)30-2)15-19(26-23(29)12-24)11-18-13-25-21-9-5-4-8-20(18)21/h3-10,13,19H,11-12,14-15H2,1-2H3,(H,26,29). The lowest BCUT2D eigenvalue weighted by Gasteiger charge is -2.28. The molecular formula is C23H25BrN3O3. The number of carbonyl (C=O) groups excluding carboxylic acids is 2. The zero-order valence-corrected chi connectivity index (χ0v) is 18.7. The molecule has 1 aliphatic heterocycles. The smallest absolute Gasteiger partial charge is 0.230 e. The van der Waals surface area contributed by atoms with Crippen LogP contribution in [0.2, 0.25) is 0 Å². The Bertz CT molecular complexity index is 945. The van der Waals surface area contributed by atoms with Gasteiger partial charge in [-0.15, -0.1) is 0 Å². The molecule has 0 fully saturated rings. The summed E-state index contributed by atoms with van der Waals surface area (Å²) in [6, 6.07) is 15.3. The molecule has 0 aromatic heterocycles. The van der Waals surface area contributed by atoms with E-state index in [1.807, 2.05) is 54.7 Å². The second-order valence-corrected chi connectivity index (χ2v) is 7.67. The van der Waals surface area contributed by atoms with Gasteiger partial charge in [0.15, 0.2) is 0 Å². The molecule has 6 nitrogen and oxygen atoms in total. The summed E-state index contributed by atoms with van der Waals surface area (Å²) in [6.45, 7) is 2.32. The lowest BCUT2D eigenvalue weighted by Crippen LogP contribution is -2.45. The largest absolute Gasteiger partial charge is 0.496 e. The summed E-state index contributed by atoms with van der Waals surface area (Å²) in [5.41, 5.74) is 3.96. The molecule has 2 aromatic rings. The second kappa shape index (κ2) is 10.3. The molecule has 1 aliphatic rings. The monoisotopic (exact) mass is 470 g/mol. The lowest BCUT2D eigenvalue weighted by molar-refractivity contribution is -0.130. The van der Waals surface area contributed by atoms with Crippen molar-refractivity contribution in [2.75, 3.05) is 19.0 Å². The van der Waals surface area contributed by atoms with E-state index in [1.165, 1.54) is 6.92 Å². The highest BCUT2D eigenvalue weighted by Gasteiger charge is 2.24. The van der Waals surface area contributed by atoms with Gasteiger partial charge in [0.05, 0.1) is 24.2 Å². The summed E-state index contributed by atoms with van der Waals surface area (Å²) in [4.78, 5) is 26.3. The molecule has 3 rings (SSSR count). The zero-order valence-electron chi connectivity index (χ0n) is 17.1. The highest BCUT2D eigenvalue weighted by molar-refractivity contribution is 9.09. The fourth-order valence-electron chi connectivity index (χ4n) is 3.54. The molecule has 1 N–H and O–H groups in total. The maximum atomic E-state index is 12.4. The van der Waals surface area contributed by atoms with Crippen molar-refractivity contribution < 1.29 is 14.3 Å². The van der Waals surface area contributed by atoms with Gasteiger partial charge in [-0.2, -0.15) is 0 Å². The molecule has 30 heavy (non-hydrogen) atoms. The van der Waals surface area contributed by atoms with Crippen LogP contribution in [0.5, 0.6) is 5.75 Å². The Morgan fingerprint density at radius 2 is 1.90 bits per heavy atom. The van der Waals surface area contributed by atoms with Crippen LogP contribution in [0, 0.1) is 0 Å². The molecule has 1 atom stereocenters. The number of methoxy groups -OCH3 is 1. The minimum Gasteiger partial charge on any atom is -0.496 e. The summed E-state index contributed by atoms with van der Waals surface area (Å²) in [5.74, 6) is 0.546. The molecule has 7 heteroatoms. The van der Waals surface area contributed by atoms with Gasteiger partial charge in [-0.25, -0.2) is 0 Å². The van der Waals surface area contributed by atoms with Crippen LogP contribution in [0.25, 0.3) is 5.57 Å². The van der Waals surface area contributed by atoms with Gasteiger partial charge in [0.2, 0.25) is 11.8 Å². The van der Waals surface area contributed by atoms with Crippen LogP contribution >= 0.6 is 15.9 Å². The summed E-state index contributed by atoms with van der Waals surface area (Å²) in [7, 11) is 1.61. The minimum absolute atomic E-state index is 0.0653. The fraction of sp³-hybridized carbons (Fsp3) is 0.304. The molecule has 0 bridgehead atoms. The Hall–Kier alpha value is -2.80. The van der Waals surface area contributed by atoms with Crippen molar-refractivity contribution in [2.24, 2.45) is 0 Å². The number of carbonyl (C=O) groups is 2. The SMILES string of the molecule is COc1ccccc1CN(CC(CC1=C[N]c2ccccc21)NC(=O)CBr)C(C)=O. The number of alkyl halides is 1. The molecule has 0 spiro atoms. The summed E-state index contributed by atoms with van der Waals surface area (Å²) >= 11 is 3.21. The normalized spacial score (nSPS) is 13.0.